The minimum absolute atomic E-state index is 0.129. The summed E-state index contributed by atoms with van der Waals surface area (Å²) in [4.78, 5) is 15.9. The Kier molecular flexibility index (Phi) is 6.90. The van der Waals surface area contributed by atoms with Crippen molar-refractivity contribution in [1.82, 2.24) is 15.6 Å². The molecule has 0 fully saturated rings. The van der Waals surface area contributed by atoms with Crippen molar-refractivity contribution in [2.45, 2.75) is 45.6 Å². The predicted molar refractivity (Wildman–Crippen MR) is 75.9 cm³/mol. The lowest BCUT2D eigenvalue weighted by Gasteiger charge is -2.11. The molecule has 1 aromatic heterocycles. The van der Waals surface area contributed by atoms with Crippen molar-refractivity contribution >= 4 is 17.2 Å². The number of carbonyl (C=O) groups is 1. The van der Waals surface area contributed by atoms with E-state index in [4.69, 9.17) is 0 Å². The molecule has 0 saturated carbocycles. The second-order valence-corrected chi connectivity index (χ2v) is 5.71. The van der Waals surface area contributed by atoms with Crippen LogP contribution in [0.15, 0.2) is 11.6 Å². The molecule has 0 saturated heterocycles. The molecule has 1 heterocycles. The molecule has 1 rings (SSSR count). The lowest BCUT2D eigenvalue weighted by Crippen LogP contribution is -2.29. The third-order valence-electron chi connectivity index (χ3n) is 2.61. The van der Waals surface area contributed by atoms with Gasteiger partial charge in [0.1, 0.15) is 0 Å². The first-order valence-electron chi connectivity index (χ1n) is 6.49. The highest BCUT2D eigenvalue weighted by atomic mass is 32.1. The van der Waals surface area contributed by atoms with E-state index in [0.717, 1.165) is 18.0 Å². The van der Waals surface area contributed by atoms with E-state index in [2.05, 4.69) is 36.4 Å². The van der Waals surface area contributed by atoms with Crippen LogP contribution in [0, 0.1) is 0 Å². The molecule has 1 aromatic rings. The maximum Gasteiger partial charge on any atom is 0.220 e. The quantitative estimate of drug-likeness (QED) is 0.711. The van der Waals surface area contributed by atoms with Gasteiger partial charge >= 0.3 is 0 Å². The second-order valence-electron chi connectivity index (χ2n) is 4.79. The highest BCUT2D eigenvalue weighted by Gasteiger charge is 2.09. The summed E-state index contributed by atoms with van der Waals surface area (Å²) in [5.74, 6) is 0.423. The van der Waals surface area contributed by atoms with Crippen molar-refractivity contribution in [3.8, 4) is 0 Å². The van der Waals surface area contributed by atoms with E-state index in [1.165, 1.54) is 0 Å². The fourth-order valence-electron chi connectivity index (χ4n) is 1.56. The number of rotatable bonds is 8. The van der Waals surface area contributed by atoms with E-state index in [-0.39, 0.29) is 5.91 Å². The van der Waals surface area contributed by atoms with Crippen molar-refractivity contribution < 1.29 is 4.79 Å². The van der Waals surface area contributed by atoms with Gasteiger partial charge in [0.05, 0.1) is 5.01 Å². The molecule has 0 aliphatic carbocycles. The summed E-state index contributed by atoms with van der Waals surface area (Å²) >= 11 is 1.63. The summed E-state index contributed by atoms with van der Waals surface area (Å²) in [7, 11) is 0. The SMILES string of the molecule is CC(C)NCCCC(=O)NCC(C)c1nccs1. The molecule has 4 nitrogen and oxygen atoms in total. The van der Waals surface area contributed by atoms with Gasteiger partial charge in [0.25, 0.3) is 0 Å². The van der Waals surface area contributed by atoms with Crippen LogP contribution in [0.1, 0.15) is 44.5 Å². The first-order chi connectivity index (χ1) is 8.59. The van der Waals surface area contributed by atoms with Crippen LogP contribution < -0.4 is 10.6 Å². The third kappa shape index (κ3) is 6.12. The molecule has 0 aromatic carbocycles. The number of nitrogens with zero attached hydrogens (tertiary/aromatic N) is 1. The Morgan fingerprint density at radius 1 is 1.44 bits per heavy atom. The van der Waals surface area contributed by atoms with Crippen molar-refractivity contribution in [2.24, 2.45) is 0 Å². The summed E-state index contributed by atoms with van der Waals surface area (Å²) < 4.78 is 0. The first-order valence-corrected chi connectivity index (χ1v) is 7.37. The largest absolute Gasteiger partial charge is 0.355 e. The van der Waals surface area contributed by atoms with Gasteiger partial charge in [0, 0.05) is 36.5 Å². The molecule has 0 bridgehead atoms. The Morgan fingerprint density at radius 2 is 2.22 bits per heavy atom. The van der Waals surface area contributed by atoms with Crippen LogP contribution in [0.4, 0.5) is 0 Å². The molecular formula is C13H23N3OS. The van der Waals surface area contributed by atoms with Crippen molar-refractivity contribution in [2.75, 3.05) is 13.1 Å². The Hall–Kier alpha value is -0.940. The van der Waals surface area contributed by atoms with Gasteiger partial charge in [0.2, 0.25) is 5.91 Å². The molecule has 18 heavy (non-hydrogen) atoms. The Labute approximate surface area is 113 Å². The molecule has 0 spiro atoms. The summed E-state index contributed by atoms with van der Waals surface area (Å²) in [6, 6.07) is 0.484. The van der Waals surface area contributed by atoms with Crippen LogP contribution in [0.3, 0.4) is 0 Å². The normalized spacial score (nSPS) is 12.7. The van der Waals surface area contributed by atoms with Gasteiger partial charge in [-0.3, -0.25) is 4.79 Å². The first kappa shape index (κ1) is 15.1. The van der Waals surface area contributed by atoms with Gasteiger partial charge in [0.15, 0.2) is 0 Å². The number of thiazole rings is 1. The average molecular weight is 269 g/mol. The van der Waals surface area contributed by atoms with Crippen molar-refractivity contribution in [3.63, 3.8) is 0 Å². The maximum atomic E-state index is 11.6. The minimum Gasteiger partial charge on any atom is -0.355 e. The number of aromatic nitrogens is 1. The van der Waals surface area contributed by atoms with Gasteiger partial charge in [-0.15, -0.1) is 11.3 Å². The standard InChI is InChI=1S/C13H23N3OS/c1-10(2)14-6-4-5-12(17)16-9-11(3)13-15-7-8-18-13/h7-8,10-11,14H,4-6,9H2,1-3H3,(H,16,17). The lowest BCUT2D eigenvalue weighted by molar-refractivity contribution is -0.121. The van der Waals surface area contributed by atoms with E-state index in [0.29, 0.717) is 24.9 Å². The van der Waals surface area contributed by atoms with Crippen LogP contribution >= 0.6 is 11.3 Å². The minimum atomic E-state index is 0.129. The molecule has 5 heteroatoms. The number of hydrogen-bond donors (Lipinski definition) is 2. The zero-order chi connectivity index (χ0) is 13.4. The Morgan fingerprint density at radius 3 is 2.83 bits per heavy atom. The van der Waals surface area contributed by atoms with Gasteiger partial charge in [-0.1, -0.05) is 20.8 Å². The molecule has 102 valence electrons. The maximum absolute atomic E-state index is 11.6. The van der Waals surface area contributed by atoms with Crippen LogP contribution in [0.5, 0.6) is 0 Å². The number of hydrogen-bond acceptors (Lipinski definition) is 4. The summed E-state index contributed by atoms with van der Waals surface area (Å²) in [5.41, 5.74) is 0. The van der Waals surface area contributed by atoms with Crippen LogP contribution in [-0.4, -0.2) is 30.0 Å². The molecular weight excluding hydrogens is 246 g/mol. The van der Waals surface area contributed by atoms with E-state index in [1.54, 1.807) is 17.5 Å². The number of carbonyl (C=O) groups excluding carboxylic acids is 1. The van der Waals surface area contributed by atoms with E-state index in [9.17, 15) is 4.79 Å². The van der Waals surface area contributed by atoms with E-state index < -0.39 is 0 Å². The molecule has 0 aliphatic rings. The summed E-state index contributed by atoms with van der Waals surface area (Å²) in [6.45, 7) is 7.86. The smallest absolute Gasteiger partial charge is 0.220 e. The van der Waals surface area contributed by atoms with Crippen molar-refractivity contribution in [1.29, 1.82) is 0 Å². The van der Waals surface area contributed by atoms with Gasteiger partial charge in [-0.05, 0) is 13.0 Å². The van der Waals surface area contributed by atoms with Gasteiger partial charge in [-0.25, -0.2) is 4.98 Å². The van der Waals surface area contributed by atoms with Crippen LogP contribution in [0.2, 0.25) is 0 Å². The lowest BCUT2D eigenvalue weighted by atomic mass is 10.2. The molecule has 1 unspecified atom stereocenters. The van der Waals surface area contributed by atoms with E-state index in [1.807, 2.05) is 5.38 Å². The monoisotopic (exact) mass is 269 g/mol. The molecule has 1 amide bonds. The topological polar surface area (TPSA) is 54.0 Å². The molecule has 2 N–H and O–H groups in total. The van der Waals surface area contributed by atoms with Crippen LogP contribution in [-0.2, 0) is 4.79 Å². The zero-order valence-electron chi connectivity index (χ0n) is 11.4. The highest BCUT2D eigenvalue weighted by Crippen LogP contribution is 2.16. The summed E-state index contributed by atoms with van der Waals surface area (Å²) in [6.07, 6.45) is 3.27. The van der Waals surface area contributed by atoms with E-state index >= 15 is 0 Å². The third-order valence-corrected chi connectivity index (χ3v) is 3.62. The van der Waals surface area contributed by atoms with Gasteiger partial charge < -0.3 is 10.6 Å². The average Bonchev–Trinajstić information content (AvgIpc) is 2.85. The highest BCUT2D eigenvalue weighted by molar-refractivity contribution is 7.09. The zero-order valence-corrected chi connectivity index (χ0v) is 12.2. The molecule has 0 radical (unpaired) electrons. The van der Waals surface area contributed by atoms with Gasteiger partial charge in [-0.2, -0.15) is 0 Å². The Balaban J connectivity index is 2.10. The van der Waals surface area contributed by atoms with Crippen LogP contribution in [0.25, 0.3) is 0 Å². The van der Waals surface area contributed by atoms with Crippen molar-refractivity contribution in [3.05, 3.63) is 16.6 Å². The number of amides is 1. The predicted octanol–water partition coefficient (Wildman–Crippen LogP) is 2.14. The molecule has 1 atom stereocenters. The Bertz CT molecular complexity index is 338. The second kappa shape index (κ2) is 8.21. The number of nitrogens with one attached hydrogen (secondary N) is 2. The fraction of sp³-hybridized carbons (Fsp3) is 0.692. The molecule has 0 aliphatic heterocycles. The summed E-state index contributed by atoms with van der Waals surface area (Å²) in [5, 5.41) is 9.30. The fourth-order valence-corrected chi connectivity index (χ4v) is 2.26.